The second-order valence-electron chi connectivity index (χ2n) is 4.54. The third-order valence-corrected chi connectivity index (χ3v) is 2.90. The van der Waals surface area contributed by atoms with E-state index in [9.17, 15) is 4.79 Å². The minimum atomic E-state index is 0.111. The zero-order valence-corrected chi connectivity index (χ0v) is 10.8. The lowest BCUT2D eigenvalue weighted by Gasteiger charge is -2.26. The molecule has 0 spiro atoms. The molecule has 0 bridgehead atoms. The van der Waals surface area contributed by atoms with Gasteiger partial charge in [-0.25, -0.2) is 4.98 Å². The summed E-state index contributed by atoms with van der Waals surface area (Å²) in [5.41, 5.74) is 1.19. The number of aromatic nitrogens is 1. The summed E-state index contributed by atoms with van der Waals surface area (Å²) in [6, 6.07) is 4.06. The van der Waals surface area contributed by atoms with Crippen molar-refractivity contribution < 1.29 is 4.79 Å². The zero-order chi connectivity index (χ0) is 12.8. The molecular formula is C13H20N4O. The van der Waals surface area contributed by atoms with Crippen LogP contribution in [0.4, 0.5) is 5.82 Å². The summed E-state index contributed by atoms with van der Waals surface area (Å²) in [6.07, 6.45) is 2.90. The number of hydrogen-bond donors (Lipinski definition) is 2. The third kappa shape index (κ3) is 3.70. The SMILES string of the molecule is CCCNc1cc(CN2CCNC(=O)C2)ccn1. The fourth-order valence-electron chi connectivity index (χ4n) is 2.01. The van der Waals surface area contributed by atoms with Crippen LogP contribution in [0.5, 0.6) is 0 Å². The van der Waals surface area contributed by atoms with E-state index in [2.05, 4.69) is 33.5 Å². The van der Waals surface area contributed by atoms with Gasteiger partial charge in [-0.2, -0.15) is 0 Å². The van der Waals surface area contributed by atoms with Crippen molar-refractivity contribution in [1.82, 2.24) is 15.2 Å². The van der Waals surface area contributed by atoms with Crippen LogP contribution in [0.2, 0.25) is 0 Å². The molecular weight excluding hydrogens is 228 g/mol. The lowest BCUT2D eigenvalue weighted by atomic mass is 10.2. The fourth-order valence-corrected chi connectivity index (χ4v) is 2.01. The summed E-state index contributed by atoms with van der Waals surface area (Å²) in [5, 5.41) is 6.10. The second-order valence-corrected chi connectivity index (χ2v) is 4.54. The highest BCUT2D eigenvalue weighted by Crippen LogP contribution is 2.10. The van der Waals surface area contributed by atoms with Crippen LogP contribution in [-0.2, 0) is 11.3 Å². The van der Waals surface area contributed by atoms with Gasteiger partial charge in [-0.15, -0.1) is 0 Å². The highest BCUT2D eigenvalue weighted by molar-refractivity contribution is 5.78. The Hall–Kier alpha value is -1.62. The summed E-state index contributed by atoms with van der Waals surface area (Å²) >= 11 is 0. The van der Waals surface area contributed by atoms with Crippen LogP contribution < -0.4 is 10.6 Å². The van der Waals surface area contributed by atoms with E-state index in [0.717, 1.165) is 38.4 Å². The predicted octanol–water partition coefficient (Wildman–Crippen LogP) is 0.835. The Labute approximate surface area is 108 Å². The maximum absolute atomic E-state index is 11.3. The molecule has 0 aliphatic carbocycles. The van der Waals surface area contributed by atoms with Gasteiger partial charge in [0.15, 0.2) is 0 Å². The molecule has 1 aromatic heterocycles. The molecule has 1 saturated heterocycles. The summed E-state index contributed by atoms with van der Waals surface area (Å²) in [5.74, 6) is 1.02. The van der Waals surface area contributed by atoms with Crippen molar-refractivity contribution in [1.29, 1.82) is 0 Å². The Bertz CT molecular complexity index is 408. The Morgan fingerprint density at radius 1 is 1.56 bits per heavy atom. The second kappa shape index (κ2) is 6.35. The van der Waals surface area contributed by atoms with E-state index in [1.807, 2.05) is 12.3 Å². The molecule has 1 fully saturated rings. The topological polar surface area (TPSA) is 57.3 Å². The molecule has 5 nitrogen and oxygen atoms in total. The predicted molar refractivity (Wildman–Crippen MR) is 71.3 cm³/mol. The molecule has 5 heteroatoms. The van der Waals surface area contributed by atoms with Crippen LogP contribution in [0.1, 0.15) is 18.9 Å². The molecule has 0 unspecified atom stereocenters. The highest BCUT2D eigenvalue weighted by Gasteiger charge is 2.15. The number of carbonyl (C=O) groups excluding carboxylic acids is 1. The van der Waals surface area contributed by atoms with Crippen LogP contribution in [0.15, 0.2) is 18.3 Å². The quantitative estimate of drug-likeness (QED) is 0.810. The Balaban J connectivity index is 1.93. The van der Waals surface area contributed by atoms with E-state index in [4.69, 9.17) is 0 Å². The van der Waals surface area contributed by atoms with Crippen molar-refractivity contribution in [2.45, 2.75) is 19.9 Å². The molecule has 0 radical (unpaired) electrons. The molecule has 1 aliphatic rings. The van der Waals surface area contributed by atoms with Crippen LogP contribution >= 0.6 is 0 Å². The van der Waals surface area contributed by atoms with Gasteiger partial charge in [0, 0.05) is 32.4 Å². The number of nitrogens with one attached hydrogen (secondary N) is 2. The molecule has 2 heterocycles. The van der Waals surface area contributed by atoms with Crippen molar-refractivity contribution in [3.8, 4) is 0 Å². The smallest absolute Gasteiger partial charge is 0.234 e. The Morgan fingerprint density at radius 2 is 2.44 bits per heavy atom. The average molecular weight is 248 g/mol. The largest absolute Gasteiger partial charge is 0.370 e. The molecule has 18 heavy (non-hydrogen) atoms. The minimum Gasteiger partial charge on any atom is -0.370 e. The minimum absolute atomic E-state index is 0.111. The van der Waals surface area contributed by atoms with E-state index in [-0.39, 0.29) is 5.91 Å². The number of amides is 1. The Morgan fingerprint density at radius 3 is 3.22 bits per heavy atom. The maximum Gasteiger partial charge on any atom is 0.234 e. The molecule has 0 atom stereocenters. The van der Waals surface area contributed by atoms with E-state index >= 15 is 0 Å². The van der Waals surface area contributed by atoms with E-state index in [0.29, 0.717) is 6.54 Å². The fraction of sp³-hybridized carbons (Fsp3) is 0.538. The van der Waals surface area contributed by atoms with Crippen molar-refractivity contribution in [2.75, 3.05) is 31.5 Å². The van der Waals surface area contributed by atoms with Gasteiger partial charge < -0.3 is 10.6 Å². The van der Waals surface area contributed by atoms with Crippen LogP contribution in [-0.4, -0.2) is 42.0 Å². The summed E-state index contributed by atoms with van der Waals surface area (Å²) in [4.78, 5) is 17.7. The van der Waals surface area contributed by atoms with E-state index < -0.39 is 0 Å². The van der Waals surface area contributed by atoms with E-state index in [1.54, 1.807) is 0 Å². The number of pyridine rings is 1. The molecule has 1 aliphatic heterocycles. The van der Waals surface area contributed by atoms with E-state index in [1.165, 1.54) is 5.56 Å². The Kier molecular flexibility index (Phi) is 4.52. The first-order valence-corrected chi connectivity index (χ1v) is 6.46. The summed E-state index contributed by atoms with van der Waals surface area (Å²) in [6.45, 7) is 6.00. The molecule has 1 amide bonds. The van der Waals surface area contributed by atoms with Crippen molar-refractivity contribution >= 4 is 11.7 Å². The molecule has 0 aromatic carbocycles. The first kappa shape index (κ1) is 12.8. The first-order valence-electron chi connectivity index (χ1n) is 6.46. The van der Waals surface area contributed by atoms with Crippen molar-refractivity contribution in [2.24, 2.45) is 0 Å². The monoisotopic (exact) mass is 248 g/mol. The normalized spacial score (nSPS) is 16.4. The van der Waals surface area contributed by atoms with Crippen molar-refractivity contribution in [3.63, 3.8) is 0 Å². The van der Waals surface area contributed by atoms with Crippen molar-refractivity contribution in [3.05, 3.63) is 23.9 Å². The third-order valence-electron chi connectivity index (χ3n) is 2.90. The molecule has 2 rings (SSSR count). The lowest BCUT2D eigenvalue weighted by Crippen LogP contribution is -2.47. The van der Waals surface area contributed by atoms with Gasteiger partial charge in [0.2, 0.25) is 5.91 Å². The van der Waals surface area contributed by atoms with Gasteiger partial charge in [-0.3, -0.25) is 9.69 Å². The lowest BCUT2D eigenvalue weighted by molar-refractivity contribution is -0.124. The molecule has 1 aromatic rings. The number of hydrogen-bond acceptors (Lipinski definition) is 4. The molecule has 2 N–H and O–H groups in total. The van der Waals surface area contributed by atoms with Gasteiger partial charge in [0.25, 0.3) is 0 Å². The highest BCUT2D eigenvalue weighted by atomic mass is 16.2. The van der Waals surface area contributed by atoms with Gasteiger partial charge in [-0.05, 0) is 24.1 Å². The standard InChI is InChI=1S/C13H20N4O/c1-2-4-14-12-8-11(3-5-15-12)9-17-7-6-16-13(18)10-17/h3,5,8H,2,4,6-7,9-10H2,1H3,(H,14,15)(H,16,18). The number of piperazine rings is 1. The molecule has 0 saturated carbocycles. The van der Waals surface area contributed by atoms with Crippen LogP contribution in [0.3, 0.4) is 0 Å². The van der Waals surface area contributed by atoms with Gasteiger partial charge >= 0.3 is 0 Å². The van der Waals surface area contributed by atoms with Crippen LogP contribution in [0, 0.1) is 0 Å². The summed E-state index contributed by atoms with van der Waals surface area (Å²) < 4.78 is 0. The maximum atomic E-state index is 11.3. The first-order chi connectivity index (χ1) is 8.78. The number of rotatable bonds is 5. The van der Waals surface area contributed by atoms with Crippen LogP contribution in [0.25, 0.3) is 0 Å². The number of carbonyl (C=O) groups is 1. The number of anilines is 1. The molecule has 98 valence electrons. The van der Waals surface area contributed by atoms with Gasteiger partial charge in [0.05, 0.1) is 6.54 Å². The summed E-state index contributed by atoms with van der Waals surface area (Å²) in [7, 11) is 0. The average Bonchev–Trinajstić information content (AvgIpc) is 2.37. The zero-order valence-electron chi connectivity index (χ0n) is 10.8. The number of nitrogens with zero attached hydrogens (tertiary/aromatic N) is 2. The van der Waals surface area contributed by atoms with Gasteiger partial charge in [-0.1, -0.05) is 6.92 Å². The van der Waals surface area contributed by atoms with Gasteiger partial charge in [0.1, 0.15) is 5.82 Å².